The van der Waals surface area contributed by atoms with Crippen molar-refractivity contribution in [3.05, 3.63) is 64.3 Å². The van der Waals surface area contributed by atoms with Crippen LogP contribution in [0, 0.1) is 0 Å². The van der Waals surface area contributed by atoms with Gasteiger partial charge in [-0.05, 0) is 52.3 Å². The number of anilines is 1. The molecule has 0 aliphatic carbocycles. The number of benzene rings is 1. The molecule has 0 unspecified atom stereocenters. The van der Waals surface area contributed by atoms with Gasteiger partial charge in [0.2, 0.25) is 0 Å². The van der Waals surface area contributed by atoms with Crippen LogP contribution in [0.5, 0.6) is 0 Å². The summed E-state index contributed by atoms with van der Waals surface area (Å²) < 4.78 is 0.857. The minimum absolute atomic E-state index is 0.704. The van der Waals surface area contributed by atoms with Crippen LogP contribution in [-0.2, 0) is 6.54 Å². The lowest BCUT2D eigenvalue weighted by Gasteiger charge is -2.06. The normalized spacial score (nSPS) is 10.4. The van der Waals surface area contributed by atoms with Crippen LogP contribution in [0.2, 0.25) is 0 Å². The van der Waals surface area contributed by atoms with Gasteiger partial charge >= 0.3 is 0 Å². The van der Waals surface area contributed by atoms with Crippen LogP contribution >= 0.6 is 27.3 Å². The van der Waals surface area contributed by atoms with Crippen LogP contribution in [0.1, 0.15) is 5.69 Å². The van der Waals surface area contributed by atoms with Crippen LogP contribution in [0.3, 0.4) is 0 Å². The highest BCUT2D eigenvalue weighted by Crippen LogP contribution is 2.23. The second-order valence-corrected chi connectivity index (χ2v) is 5.93. The van der Waals surface area contributed by atoms with Crippen LogP contribution in [-0.4, -0.2) is 9.97 Å². The number of hydrogen-bond acceptors (Lipinski definition) is 4. The standard InChI is InChI=1S/C15H12BrN3S/c16-14-3-1-2-13(19-14)10-18-12-6-4-11(5-7-12)15-17-8-9-20-15/h1-9,18H,10H2. The van der Waals surface area contributed by atoms with E-state index in [-0.39, 0.29) is 0 Å². The molecular formula is C15H12BrN3S. The molecule has 0 aliphatic heterocycles. The zero-order valence-corrected chi connectivity index (χ0v) is 13.0. The van der Waals surface area contributed by atoms with E-state index >= 15 is 0 Å². The maximum Gasteiger partial charge on any atom is 0.123 e. The lowest BCUT2D eigenvalue weighted by atomic mass is 10.2. The number of hydrogen-bond donors (Lipinski definition) is 1. The molecule has 0 radical (unpaired) electrons. The highest BCUT2D eigenvalue weighted by Gasteiger charge is 2.01. The monoisotopic (exact) mass is 345 g/mol. The number of thiazole rings is 1. The second kappa shape index (κ2) is 6.15. The summed E-state index contributed by atoms with van der Waals surface area (Å²) in [6, 6.07) is 14.2. The Morgan fingerprint density at radius 2 is 1.95 bits per heavy atom. The quantitative estimate of drug-likeness (QED) is 0.703. The summed E-state index contributed by atoms with van der Waals surface area (Å²) in [5.74, 6) is 0. The summed E-state index contributed by atoms with van der Waals surface area (Å²) in [5, 5.41) is 6.39. The molecule has 3 nitrogen and oxygen atoms in total. The van der Waals surface area contributed by atoms with Crippen molar-refractivity contribution in [2.24, 2.45) is 0 Å². The number of pyridine rings is 1. The molecule has 20 heavy (non-hydrogen) atoms. The Morgan fingerprint density at radius 1 is 1.10 bits per heavy atom. The third-order valence-corrected chi connectivity index (χ3v) is 4.07. The van der Waals surface area contributed by atoms with Gasteiger partial charge in [-0.15, -0.1) is 11.3 Å². The number of aromatic nitrogens is 2. The molecular weight excluding hydrogens is 334 g/mol. The third-order valence-electron chi connectivity index (χ3n) is 2.81. The number of halogens is 1. The van der Waals surface area contributed by atoms with E-state index in [4.69, 9.17) is 0 Å². The van der Waals surface area contributed by atoms with Crippen molar-refractivity contribution in [3.8, 4) is 10.6 Å². The molecule has 0 fully saturated rings. The van der Waals surface area contributed by atoms with E-state index in [2.05, 4.69) is 55.5 Å². The van der Waals surface area contributed by atoms with Gasteiger partial charge in [0.25, 0.3) is 0 Å². The van der Waals surface area contributed by atoms with Gasteiger partial charge in [-0.2, -0.15) is 0 Å². The SMILES string of the molecule is Brc1cccc(CNc2ccc(-c3nccs3)cc2)n1. The lowest BCUT2D eigenvalue weighted by Crippen LogP contribution is -2.01. The van der Waals surface area contributed by atoms with E-state index in [9.17, 15) is 0 Å². The zero-order valence-electron chi connectivity index (χ0n) is 10.6. The Labute approximate surface area is 129 Å². The van der Waals surface area contributed by atoms with Gasteiger partial charge in [-0.25, -0.2) is 9.97 Å². The Kier molecular flexibility index (Phi) is 4.08. The number of nitrogens with one attached hydrogen (secondary N) is 1. The smallest absolute Gasteiger partial charge is 0.123 e. The van der Waals surface area contributed by atoms with Crippen molar-refractivity contribution >= 4 is 33.0 Å². The molecule has 0 aliphatic rings. The maximum absolute atomic E-state index is 4.39. The van der Waals surface area contributed by atoms with E-state index in [1.165, 1.54) is 0 Å². The topological polar surface area (TPSA) is 37.8 Å². The van der Waals surface area contributed by atoms with Crippen molar-refractivity contribution < 1.29 is 0 Å². The fraction of sp³-hybridized carbons (Fsp3) is 0.0667. The minimum atomic E-state index is 0.704. The van der Waals surface area contributed by atoms with E-state index in [1.807, 2.05) is 29.8 Å². The molecule has 3 rings (SSSR count). The maximum atomic E-state index is 4.39. The van der Waals surface area contributed by atoms with Crippen molar-refractivity contribution in [1.29, 1.82) is 0 Å². The molecule has 0 saturated carbocycles. The van der Waals surface area contributed by atoms with Crippen LogP contribution in [0.25, 0.3) is 10.6 Å². The van der Waals surface area contributed by atoms with Crippen LogP contribution in [0.15, 0.2) is 58.6 Å². The predicted octanol–water partition coefficient (Wildman–Crippen LogP) is 4.58. The van der Waals surface area contributed by atoms with Crippen LogP contribution < -0.4 is 5.32 Å². The van der Waals surface area contributed by atoms with Crippen LogP contribution in [0.4, 0.5) is 5.69 Å². The van der Waals surface area contributed by atoms with Gasteiger partial charge in [-0.1, -0.05) is 6.07 Å². The van der Waals surface area contributed by atoms with Gasteiger partial charge in [-0.3, -0.25) is 0 Å². The van der Waals surface area contributed by atoms with E-state index in [0.717, 1.165) is 26.6 Å². The average molecular weight is 346 g/mol. The zero-order chi connectivity index (χ0) is 13.8. The number of rotatable bonds is 4. The Balaban J connectivity index is 1.67. The predicted molar refractivity (Wildman–Crippen MR) is 86.8 cm³/mol. The summed E-state index contributed by atoms with van der Waals surface area (Å²) in [5.41, 5.74) is 3.22. The summed E-state index contributed by atoms with van der Waals surface area (Å²) in [6.45, 7) is 0.704. The Hall–Kier alpha value is -1.72. The summed E-state index contributed by atoms with van der Waals surface area (Å²) in [4.78, 5) is 8.69. The van der Waals surface area contributed by atoms with Gasteiger partial charge in [0.1, 0.15) is 9.61 Å². The van der Waals surface area contributed by atoms with Crippen molar-refractivity contribution in [2.75, 3.05) is 5.32 Å². The third kappa shape index (κ3) is 3.23. The molecule has 1 aromatic carbocycles. The largest absolute Gasteiger partial charge is 0.379 e. The average Bonchev–Trinajstić information content (AvgIpc) is 3.00. The minimum Gasteiger partial charge on any atom is -0.379 e. The van der Waals surface area contributed by atoms with E-state index in [0.29, 0.717) is 6.54 Å². The molecule has 0 bridgehead atoms. The van der Waals surface area contributed by atoms with Gasteiger partial charge in [0.15, 0.2) is 0 Å². The first kappa shape index (κ1) is 13.3. The Bertz CT molecular complexity index is 681. The van der Waals surface area contributed by atoms with Gasteiger partial charge < -0.3 is 5.32 Å². The molecule has 1 N–H and O–H groups in total. The molecule has 0 spiro atoms. The molecule has 0 atom stereocenters. The lowest BCUT2D eigenvalue weighted by molar-refractivity contribution is 1.03. The molecule has 0 amide bonds. The molecule has 100 valence electrons. The number of nitrogens with zero attached hydrogens (tertiary/aromatic N) is 2. The summed E-state index contributed by atoms with van der Waals surface area (Å²) >= 11 is 5.02. The first-order chi connectivity index (χ1) is 9.81. The van der Waals surface area contributed by atoms with Crippen molar-refractivity contribution in [2.45, 2.75) is 6.54 Å². The van der Waals surface area contributed by atoms with Crippen molar-refractivity contribution in [1.82, 2.24) is 9.97 Å². The van der Waals surface area contributed by atoms with Crippen molar-refractivity contribution in [3.63, 3.8) is 0 Å². The molecule has 2 heterocycles. The molecule has 0 saturated heterocycles. The Morgan fingerprint density at radius 3 is 2.65 bits per heavy atom. The van der Waals surface area contributed by atoms with Gasteiger partial charge in [0, 0.05) is 22.8 Å². The summed E-state index contributed by atoms with van der Waals surface area (Å²) in [7, 11) is 0. The highest BCUT2D eigenvalue weighted by atomic mass is 79.9. The highest BCUT2D eigenvalue weighted by molar-refractivity contribution is 9.10. The second-order valence-electron chi connectivity index (χ2n) is 4.22. The van der Waals surface area contributed by atoms with Gasteiger partial charge in [0.05, 0.1) is 12.2 Å². The molecule has 5 heteroatoms. The van der Waals surface area contributed by atoms with E-state index in [1.54, 1.807) is 11.3 Å². The first-order valence-corrected chi connectivity index (χ1v) is 7.84. The fourth-order valence-electron chi connectivity index (χ4n) is 1.84. The first-order valence-electron chi connectivity index (χ1n) is 6.16. The molecule has 3 aromatic rings. The van der Waals surface area contributed by atoms with E-state index < -0.39 is 0 Å². The molecule has 2 aromatic heterocycles. The summed E-state index contributed by atoms with van der Waals surface area (Å²) in [6.07, 6.45) is 1.82. The fourth-order valence-corrected chi connectivity index (χ4v) is 2.86.